The Labute approximate surface area is 215 Å². The first-order chi connectivity index (χ1) is 16.3. The maximum Gasteiger partial charge on any atom is 0.232 e. The van der Waals surface area contributed by atoms with Gasteiger partial charge in [0.25, 0.3) is 0 Å². The van der Waals surface area contributed by atoms with Gasteiger partial charge in [-0.1, -0.05) is 62.2 Å². The highest BCUT2D eigenvalue weighted by atomic mass is 35.5. The molecule has 2 aromatic carbocycles. The Kier molecular flexibility index (Phi) is 6.24. The Morgan fingerprint density at radius 2 is 1.60 bits per heavy atom. The first kappa shape index (κ1) is 25.2. The van der Waals surface area contributed by atoms with Gasteiger partial charge in [-0.05, 0) is 61.1 Å². The van der Waals surface area contributed by atoms with Gasteiger partial charge < -0.3 is 5.32 Å². The highest BCUT2D eigenvalue weighted by Crippen LogP contribution is 2.57. The van der Waals surface area contributed by atoms with Crippen LogP contribution in [-0.2, 0) is 14.4 Å². The summed E-state index contributed by atoms with van der Waals surface area (Å²) in [5.41, 5.74) is 0.140. The largest absolute Gasteiger partial charge is 0.325 e. The zero-order valence-corrected chi connectivity index (χ0v) is 21.6. The maximum atomic E-state index is 13.5. The molecule has 182 valence electrons. The number of rotatable bonds is 4. The number of aryl methyl sites for hydroxylation is 1. The molecular formula is C27H27Cl2N3O3. The number of imide groups is 1. The first-order valence-electron chi connectivity index (χ1n) is 11.4. The van der Waals surface area contributed by atoms with Gasteiger partial charge in [-0.3, -0.25) is 19.7 Å². The Morgan fingerprint density at radius 3 is 2.14 bits per heavy atom. The summed E-state index contributed by atoms with van der Waals surface area (Å²) < 4.78 is 0. The van der Waals surface area contributed by atoms with Crippen molar-refractivity contribution in [3.05, 3.63) is 63.1 Å². The summed E-state index contributed by atoms with van der Waals surface area (Å²) in [7, 11) is 0. The van der Waals surface area contributed by atoms with E-state index in [0.717, 1.165) is 11.1 Å². The predicted molar refractivity (Wildman–Crippen MR) is 135 cm³/mol. The van der Waals surface area contributed by atoms with Gasteiger partial charge in [0.05, 0.1) is 12.0 Å². The lowest BCUT2D eigenvalue weighted by Crippen LogP contribution is -2.63. The molecule has 1 saturated heterocycles. The van der Waals surface area contributed by atoms with Gasteiger partial charge in [0.15, 0.2) is 0 Å². The summed E-state index contributed by atoms with van der Waals surface area (Å²) in [6.45, 7) is 7.27. The Morgan fingerprint density at radius 1 is 1.03 bits per heavy atom. The van der Waals surface area contributed by atoms with Crippen LogP contribution in [0.3, 0.4) is 0 Å². The number of carbonyl (C=O) groups is 3. The summed E-state index contributed by atoms with van der Waals surface area (Å²) >= 11 is 12.6. The molecule has 0 aromatic heterocycles. The zero-order chi connectivity index (χ0) is 25.8. The molecule has 2 fully saturated rings. The number of halogens is 2. The van der Waals surface area contributed by atoms with Gasteiger partial charge in [-0.2, -0.15) is 5.26 Å². The molecule has 2 aliphatic rings. The first-order valence-corrected chi connectivity index (χ1v) is 12.2. The number of piperidine rings is 1. The van der Waals surface area contributed by atoms with E-state index in [4.69, 9.17) is 23.2 Å². The number of nitrogens with zero attached hydrogens (tertiary/aromatic N) is 1. The third-order valence-electron chi connectivity index (χ3n) is 7.45. The number of hydrogen-bond acceptors (Lipinski definition) is 4. The molecule has 3 atom stereocenters. The highest BCUT2D eigenvalue weighted by molar-refractivity contribution is 6.32. The third kappa shape index (κ3) is 4.44. The molecule has 4 rings (SSSR count). The van der Waals surface area contributed by atoms with E-state index in [1.807, 2.05) is 20.8 Å². The fraction of sp³-hybridized carbons (Fsp3) is 0.407. The second-order valence-electron chi connectivity index (χ2n) is 10.8. The van der Waals surface area contributed by atoms with E-state index in [9.17, 15) is 19.6 Å². The molecule has 2 N–H and O–H groups in total. The number of amides is 3. The van der Waals surface area contributed by atoms with Crippen LogP contribution in [0, 0.1) is 34.5 Å². The molecule has 0 radical (unpaired) electrons. The van der Waals surface area contributed by atoms with Crippen molar-refractivity contribution >= 4 is 46.6 Å². The van der Waals surface area contributed by atoms with Crippen molar-refractivity contribution in [3.8, 4) is 6.07 Å². The van der Waals surface area contributed by atoms with Crippen LogP contribution in [0.1, 0.15) is 62.6 Å². The summed E-state index contributed by atoms with van der Waals surface area (Å²) in [5.74, 6) is -1.51. The Balaban J connectivity index is 1.62. The minimum Gasteiger partial charge on any atom is -0.325 e. The standard InChI is InChI=1S/C27H27Cl2N3O3/c1-15-9-18(19(11-30)16-5-7-17(28)8-6-16)20(29)10-21(15)31-22(33)25(2)12-26(3)14-27(4,13-25)24(35)32-23(26)34/h5-10,19H,12-14H2,1-4H3,(H,31,33)(H,32,34,35). The van der Waals surface area contributed by atoms with Crippen molar-refractivity contribution in [2.24, 2.45) is 16.2 Å². The normalized spacial score (nSPS) is 28.6. The number of hydrogen-bond donors (Lipinski definition) is 2. The van der Waals surface area contributed by atoms with Gasteiger partial charge in [0.1, 0.15) is 0 Å². The summed E-state index contributed by atoms with van der Waals surface area (Å²) in [6, 6.07) is 12.8. The minimum atomic E-state index is -0.925. The molecule has 3 unspecified atom stereocenters. The van der Waals surface area contributed by atoms with Crippen molar-refractivity contribution in [1.29, 1.82) is 5.26 Å². The second-order valence-corrected chi connectivity index (χ2v) is 11.6. The van der Waals surface area contributed by atoms with Crippen LogP contribution in [0.25, 0.3) is 0 Å². The molecule has 2 aromatic rings. The summed E-state index contributed by atoms with van der Waals surface area (Å²) in [4.78, 5) is 38.7. The molecule has 6 nitrogen and oxygen atoms in total. The predicted octanol–water partition coefficient (Wildman–Crippen LogP) is 5.76. The Hall–Kier alpha value is -2.88. The van der Waals surface area contributed by atoms with Crippen LogP contribution in [0.2, 0.25) is 10.0 Å². The van der Waals surface area contributed by atoms with E-state index in [2.05, 4.69) is 16.7 Å². The highest BCUT2D eigenvalue weighted by Gasteiger charge is 2.60. The molecule has 1 aliphatic carbocycles. The van der Waals surface area contributed by atoms with Gasteiger partial charge in [0, 0.05) is 32.0 Å². The molecule has 1 saturated carbocycles. The minimum absolute atomic E-state index is 0.265. The average Bonchev–Trinajstić information content (AvgIpc) is 2.77. The van der Waals surface area contributed by atoms with Crippen molar-refractivity contribution in [2.45, 2.75) is 52.9 Å². The van der Waals surface area contributed by atoms with E-state index >= 15 is 0 Å². The van der Waals surface area contributed by atoms with Crippen LogP contribution in [0.5, 0.6) is 0 Å². The maximum absolute atomic E-state index is 13.5. The molecule has 35 heavy (non-hydrogen) atoms. The van der Waals surface area contributed by atoms with E-state index in [0.29, 0.717) is 40.6 Å². The SMILES string of the molecule is Cc1cc(C(C#N)c2ccc(Cl)cc2)c(Cl)cc1NC(=O)C1(C)CC2(C)CC(C)(C1)C(=O)NC2=O. The van der Waals surface area contributed by atoms with Crippen molar-refractivity contribution in [3.63, 3.8) is 0 Å². The van der Waals surface area contributed by atoms with E-state index in [-0.39, 0.29) is 17.7 Å². The number of fused-ring (bicyclic) bond motifs is 2. The van der Waals surface area contributed by atoms with Gasteiger partial charge >= 0.3 is 0 Å². The second kappa shape index (κ2) is 8.65. The van der Waals surface area contributed by atoms with Crippen LogP contribution in [-0.4, -0.2) is 17.7 Å². The lowest BCUT2D eigenvalue weighted by molar-refractivity contribution is -0.163. The van der Waals surface area contributed by atoms with E-state index in [1.54, 1.807) is 43.3 Å². The van der Waals surface area contributed by atoms with Crippen molar-refractivity contribution in [2.75, 3.05) is 5.32 Å². The van der Waals surface area contributed by atoms with Gasteiger partial charge in [-0.25, -0.2) is 0 Å². The number of benzene rings is 2. The lowest BCUT2D eigenvalue weighted by atomic mass is 9.52. The molecule has 3 amide bonds. The van der Waals surface area contributed by atoms with Crippen LogP contribution < -0.4 is 10.6 Å². The summed E-state index contributed by atoms with van der Waals surface area (Å²) in [6.07, 6.45) is 1.09. The monoisotopic (exact) mass is 511 g/mol. The fourth-order valence-corrected chi connectivity index (χ4v) is 6.37. The Bertz CT molecular complexity index is 1260. The molecule has 1 heterocycles. The lowest BCUT2D eigenvalue weighted by Gasteiger charge is -2.53. The van der Waals surface area contributed by atoms with Crippen molar-refractivity contribution in [1.82, 2.24) is 5.32 Å². The number of anilines is 1. The molecular weight excluding hydrogens is 485 g/mol. The molecule has 1 aliphatic heterocycles. The van der Waals surface area contributed by atoms with Crippen LogP contribution >= 0.6 is 23.2 Å². The summed E-state index contributed by atoms with van der Waals surface area (Å²) in [5, 5.41) is 16.2. The fourth-order valence-electron chi connectivity index (χ4n) is 5.97. The third-order valence-corrected chi connectivity index (χ3v) is 8.03. The molecule has 8 heteroatoms. The zero-order valence-electron chi connectivity index (χ0n) is 20.1. The number of nitriles is 1. The van der Waals surface area contributed by atoms with Crippen LogP contribution in [0.4, 0.5) is 5.69 Å². The number of carbonyl (C=O) groups excluding carboxylic acids is 3. The molecule has 2 bridgehead atoms. The number of nitrogens with one attached hydrogen (secondary N) is 2. The average molecular weight is 512 g/mol. The van der Waals surface area contributed by atoms with Crippen LogP contribution in [0.15, 0.2) is 36.4 Å². The van der Waals surface area contributed by atoms with E-state index in [1.165, 1.54) is 0 Å². The van der Waals surface area contributed by atoms with Gasteiger partial charge in [-0.15, -0.1) is 0 Å². The quantitative estimate of drug-likeness (QED) is 0.510. The smallest absolute Gasteiger partial charge is 0.232 e. The van der Waals surface area contributed by atoms with Gasteiger partial charge in [0.2, 0.25) is 17.7 Å². The van der Waals surface area contributed by atoms with Crippen molar-refractivity contribution < 1.29 is 14.4 Å². The van der Waals surface area contributed by atoms with E-state index < -0.39 is 22.2 Å². The topological polar surface area (TPSA) is 99.1 Å². The molecule has 0 spiro atoms.